The maximum atomic E-state index is 12.1. The van der Waals surface area contributed by atoms with Crippen LogP contribution in [-0.4, -0.2) is 38.7 Å². The second-order valence-electron chi connectivity index (χ2n) is 5.24. The molecule has 2 aromatic rings. The van der Waals surface area contributed by atoms with Crippen molar-refractivity contribution < 1.29 is 4.79 Å². The summed E-state index contributed by atoms with van der Waals surface area (Å²) in [7, 11) is 0. The van der Waals surface area contributed by atoms with E-state index in [0.29, 0.717) is 13.0 Å². The minimum absolute atomic E-state index is 0. The van der Waals surface area contributed by atoms with Gasteiger partial charge in [-0.3, -0.25) is 4.79 Å². The molecule has 0 radical (unpaired) electrons. The van der Waals surface area contributed by atoms with Crippen LogP contribution in [0.3, 0.4) is 0 Å². The summed E-state index contributed by atoms with van der Waals surface area (Å²) in [5.74, 6) is 0.00160. The van der Waals surface area contributed by atoms with Gasteiger partial charge in [-0.2, -0.15) is 0 Å². The van der Waals surface area contributed by atoms with Gasteiger partial charge in [-0.15, -0.1) is 17.5 Å². The summed E-state index contributed by atoms with van der Waals surface area (Å²) < 4.78 is 1.57. The first-order chi connectivity index (χ1) is 10.7. The van der Waals surface area contributed by atoms with Gasteiger partial charge in [0.05, 0.1) is 12.1 Å². The highest BCUT2D eigenvalue weighted by molar-refractivity contribution is 5.85. The summed E-state index contributed by atoms with van der Waals surface area (Å²) in [6.07, 6.45) is 4.98. The van der Waals surface area contributed by atoms with Crippen molar-refractivity contribution in [2.24, 2.45) is 5.73 Å². The predicted molar refractivity (Wildman–Crippen MR) is 90.6 cm³/mol. The minimum atomic E-state index is 0. The van der Waals surface area contributed by atoms with E-state index in [0.717, 1.165) is 30.5 Å². The van der Waals surface area contributed by atoms with Gasteiger partial charge in [0.1, 0.15) is 6.33 Å². The van der Waals surface area contributed by atoms with Gasteiger partial charge in [-0.25, -0.2) is 4.68 Å². The summed E-state index contributed by atoms with van der Waals surface area (Å²) >= 11 is 0. The number of nitrogens with two attached hydrogens (primary N) is 1. The fraction of sp³-hybridized carbons (Fsp3) is 0.467. The van der Waals surface area contributed by atoms with Gasteiger partial charge in [0.25, 0.3) is 0 Å². The lowest BCUT2D eigenvalue weighted by Gasteiger charge is -2.16. The SMILES string of the molecule is CCCCC(CN)NC(=O)Cc1ccc(-n2cnnn2)cc1.Cl. The smallest absolute Gasteiger partial charge is 0.224 e. The minimum Gasteiger partial charge on any atom is -0.352 e. The number of unbranched alkanes of at least 4 members (excludes halogenated alkanes) is 1. The number of halogens is 1. The Hall–Kier alpha value is -1.99. The molecule has 0 aliphatic carbocycles. The van der Waals surface area contributed by atoms with Gasteiger partial charge in [0.2, 0.25) is 5.91 Å². The highest BCUT2D eigenvalue weighted by atomic mass is 35.5. The van der Waals surface area contributed by atoms with Crippen molar-refractivity contribution in [3.63, 3.8) is 0 Å². The summed E-state index contributed by atoms with van der Waals surface area (Å²) in [6, 6.07) is 7.64. The quantitative estimate of drug-likeness (QED) is 0.755. The molecule has 0 spiro atoms. The highest BCUT2D eigenvalue weighted by Crippen LogP contribution is 2.08. The molecular formula is C15H23ClN6O. The molecule has 0 bridgehead atoms. The number of aromatic nitrogens is 4. The van der Waals surface area contributed by atoms with Crippen LogP contribution in [0.15, 0.2) is 30.6 Å². The number of nitrogens with zero attached hydrogens (tertiary/aromatic N) is 4. The molecule has 8 heteroatoms. The molecule has 1 atom stereocenters. The van der Waals surface area contributed by atoms with Gasteiger partial charge in [0.15, 0.2) is 0 Å². The Bertz CT molecular complexity index is 572. The summed E-state index contributed by atoms with van der Waals surface area (Å²) in [4.78, 5) is 12.1. The molecule has 1 unspecified atom stereocenters. The Kier molecular flexibility index (Phi) is 8.21. The third-order valence-corrected chi connectivity index (χ3v) is 3.47. The number of hydrogen-bond acceptors (Lipinski definition) is 5. The van der Waals surface area contributed by atoms with Crippen molar-refractivity contribution >= 4 is 18.3 Å². The van der Waals surface area contributed by atoms with E-state index in [4.69, 9.17) is 5.73 Å². The second-order valence-corrected chi connectivity index (χ2v) is 5.24. The number of amides is 1. The molecule has 1 heterocycles. The van der Waals surface area contributed by atoms with Crippen LogP contribution < -0.4 is 11.1 Å². The molecule has 1 aromatic carbocycles. The summed E-state index contributed by atoms with van der Waals surface area (Å²) in [5, 5.41) is 14.0. The summed E-state index contributed by atoms with van der Waals surface area (Å²) in [5.41, 5.74) is 7.50. The van der Waals surface area contributed by atoms with E-state index >= 15 is 0 Å². The molecule has 1 amide bonds. The van der Waals surface area contributed by atoms with Crippen LogP contribution in [0.5, 0.6) is 0 Å². The van der Waals surface area contributed by atoms with Crippen LogP contribution in [0.25, 0.3) is 5.69 Å². The number of nitrogens with one attached hydrogen (secondary N) is 1. The first kappa shape index (κ1) is 19.1. The fourth-order valence-electron chi connectivity index (χ4n) is 2.21. The monoisotopic (exact) mass is 338 g/mol. The maximum Gasteiger partial charge on any atom is 0.224 e. The Labute approximate surface area is 142 Å². The maximum absolute atomic E-state index is 12.1. The van der Waals surface area contributed by atoms with Gasteiger partial charge in [-0.1, -0.05) is 31.9 Å². The molecule has 0 fully saturated rings. The van der Waals surface area contributed by atoms with Crippen LogP contribution in [0.1, 0.15) is 31.7 Å². The molecule has 0 aliphatic rings. The van der Waals surface area contributed by atoms with Crippen LogP contribution >= 0.6 is 12.4 Å². The number of rotatable bonds is 8. The van der Waals surface area contributed by atoms with E-state index in [-0.39, 0.29) is 24.4 Å². The lowest BCUT2D eigenvalue weighted by molar-refractivity contribution is -0.121. The Morgan fingerprint density at radius 1 is 1.35 bits per heavy atom. The average Bonchev–Trinajstić information content (AvgIpc) is 3.06. The molecule has 7 nitrogen and oxygen atoms in total. The molecule has 126 valence electrons. The molecule has 23 heavy (non-hydrogen) atoms. The zero-order valence-corrected chi connectivity index (χ0v) is 14.0. The molecule has 0 saturated heterocycles. The largest absolute Gasteiger partial charge is 0.352 e. The van der Waals surface area contributed by atoms with E-state index in [2.05, 4.69) is 27.8 Å². The van der Waals surface area contributed by atoms with E-state index in [1.165, 1.54) is 6.33 Å². The normalized spacial score (nSPS) is 11.6. The lowest BCUT2D eigenvalue weighted by Crippen LogP contribution is -2.40. The van der Waals surface area contributed by atoms with Gasteiger partial charge >= 0.3 is 0 Å². The average molecular weight is 339 g/mol. The Balaban J connectivity index is 0.00000264. The number of carbonyl (C=O) groups is 1. The number of benzene rings is 1. The molecule has 3 N–H and O–H groups in total. The van der Waals surface area contributed by atoms with Crippen molar-refractivity contribution in [2.45, 2.75) is 38.6 Å². The number of hydrogen-bond donors (Lipinski definition) is 2. The Morgan fingerprint density at radius 2 is 2.09 bits per heavy atom. The molecular weight excluding hydrogens is 316 g/mol. The zero-order chi connectivity index (χ0) is 15.8. The number of tetrazole rings is 1. The third kappa shape index (κ3) is 5.96. The van der Waals surface area contributed by atoms with Crippen LogP contribution in [0.2, 0.25) is 0 Å². The van der Waals surface area contributed by atoms with Crippen LogP contribution in [-0.2, 0) is 11.2 Å². The molecule has 0 saturated carbocycles. The predicted octanol–water partition coefficient (Wildman–Crippen LogP) is 1.26. The van der Waals surface area contributed by atoms with Gasteiger partial charge in [0, 0.05) is 12.6 Å². The standard InChI is InChI=1S/C15H22N6O.ClH/c1-2-3-4-13(10-16)18-15(22)9-12-5-7-14(8-6-12)21-11-17-19-20-21;/h5-8,11,13H,2-4,9-10,16H2,1H3,(H,18,22);1H. The first-order valence-corrected chi connectivity index (χ1v) is 7.54. The van der Waals surface area contributed by atoms with Crippen molar-refractivity contribution in [3.8, 4) is 5.69 Å². The Morgan fingerprint density at radius 3 is 2.65 bits per heavy atom. The molecule has 0 aliphatic heterocycles. The van der Waals surface area contributed by atoms with E-state index < -0.39 is 0 Å². The van der Waals surface area contributed by atoms with Gasteiger partial charge in [-0.05, 0) is 34.5 Å². The van der Waals surface area contributed by atoms with E-state index in [1.54, 1.807) is 4.68 Å². The fourth-order valence-corrected chi connectivity index (χ4v) is 2.21. The molecule has 1 aromatic heterocycles. The first-order valence-electron chi connectivity index (χ1n) is 7.54. The third-order valence-electron chi connectivity index (χ3n) is 3.47. The summed E-state index contributed by atoms with van der Waals surface area (Å²) in [6.45, 7) is 2.60. The van der Waals surface area contributed by atoms with Crippen molar-refractivity contribution in [3.05, 3.63) is 36.2 Å². The highest BCUT2D eigenvalue weighted by Gasteiger charge is 2.10. The van der Waals surface area contributed by atoms with Gasteiger partial charge < -0.3 is 11.1 Å². The van der Waals surface area contributed by atoms with Crippen LogP contribution in [0, 0.1) is 0 Å². The number of carbonyl (C=O) groups excluding carboxylic acids is 1. The van der Waals surface area contributed by atoms with Crippen molar-refractivity contribution in [1.82, 2.24) is 25.5 Å². The van der Waals surface area contributed by atoms with E-state index in [9.17, 15) is 4.79 Å². The zero-order valence-electron chi connectivity index (χ0n) is 13.2. The van der Waals surface area contributed by atoms with Crippen molar-refractivity contribution in [1.29, 1.82) is 0 Å². The van der Waals surface area contributed by atoms with Crippen LogP contribution in [0.4, 0.5) is 0 Å². The van der Waals surface area contributed by atoms with Crippen molar-refractivity contribution in [2.75, 3.05) is 6.54 Å². The lowest BCUT2D eigenvalue weighted by atomic mass is 10.1. The topological polar surface area (TPSA) is 98.7 Å². The van der Waals surface area contributed by atoms with E-state index in [1.807, 2.05) is 24.3 Å². The second kappa shape index (κ2) is 9.91. The molecule has 2 rings (SSSR count).